The van der Waals surface area contributed by atoms with Crippen LogP contribution in [0.5, 0.6) is 0 Å². The van der Waals surface area contributed by atoms with Gasteiger partial charge < -0.3 is 0 Å². The molecule has 0 radical (unpaired) electrons. The van der Waals surface area contributed by atoms with Crippen LogP contribution in [0.4, 0.5) is 0 Å². The Kier molecular flexibility index (Phi) is 4.04. The predicted octanol–water partition coefficient (Wildman–Crippen LogP) is 0.708. The number of thiophene rings is 1. The summed E-state index contributed by atoms with van der Waals surface area (Å²) in [5.41, 5.74) is 0. The zero-order valence-corrected chi connectivity index (χ0v) is 12.2. The molecule has 1 aromatic heterocycles. The first-order valence-electron chi connectivity index (χ1n) is 5.31. The van der Waals surface area contributed by atoms with Crippen molar-refractivity contribution in [1.82, 2.24) is 4.72 Å². The molecule has 1 aliphatic heterocycles. The highest BCUT2D eigenvalue weighted by atomic mass is 32.2. The van der Waals surface area contributed by atoms with Crippen molar-refractivity contribution in [3.05, 3.63) is 17.5 Å². The highest BCUT2D eigenvalue weighted by Crippen LogP contribution is 2.19. The number of thiocarbonyl (C=S) groups is 1. The molecule has 0 bridgehead atoms. The molecule has 0 saturated carbocycles. The molecule has 0 saturated heterocycles. The van der Waals surface area contributed by atoms with Crippen molar-refractivity contribution in [2.24, 2.45) is 10.3 Å². The molecule has 0 aromatic carbocycles. The Bertz CT molecular complexity index is 611. The number of rotatable bonds is 4. The fraction of sp³-hybridized carbons (Fsp3) is 0.333. The van der Waals surface area contributed by atoms with Crippen LogP contribution in [0.3, 0.4) is 0 Å². The Morgan fingerprint density at radius 2 is 2.42 bits per heavy atom. The first kappa shape index (κ1) is 14.2. The summed E-state index contributed by atoms with van der Waals surface area (Å²) < 4.78 is 26.3. The average Bonchev–Trinajstić information content (AvgIpc) is 3.00. The van der Waals surface area contributed by atoms with E-state index in [0.717, 1.165) is 11.3 Å². The summed E-state index contributed by atoms with van der Waals surface area (Å²) in [5.74, 6) is 0. The minimum absolute atomic E-state index is 0.0324. The Balaban J connectivity index is 2.21. The Hall–Kier alpha value is -1.23. The molecule has 1 atom stereocenters. The van der Waals surface area contributed by atoms with Crippen molar-refractivity contribution < 1.29 is 17.8 Å². The topological polar surface area (TPSA) is 88.0 Å². The summed E-state index contributed by atoms with van der Waals surface area (Å²) in [5, 5.41) is 9.29. The second-order valence-electron chi connectivity index (χ2n) is 3.79. The van der Waals surface area contributed by atoms with Crippen LogP contribution < -0.4 is 4.72 Å². The highest BCUT2D eigenvalue weighted by Gasteiger charge is 2.40. The van der Waals surface area contributed by atoms with E-state index in [4.69, 9.17) is 12.2 Å². The Labute approximate surface area is 119 Å². The first-order valence-corrected chi connectivity index (χ1v) is 8.08. The van der Waals surface area contributed by atoms with Crippen LogP contribution in [-0.4, -0.2) is 44.0 Å². The largest absolute Gasteiger partial charge is 0.312 e. The van der Waals surface area contributed by atoms with E-state index in [2.05, 4.69) is 15.1 Å². The first-order chi connectivity index (χ1) is 9.00. The van der Waals surface area contributed by atoms with Crippen LogP contribution in [0.25, 0.3) is 0 Å². The van der Waals surface area contributed by atoms with Gasteiger partial charge in [-0.15, -0.1) is 21.0 Å². The maximum Gasteiger partial charge on any atom is 0.312 e. The third-order valence-corrected chi connectivity index (χ3v) is 5.85. The molecule has 1 aliphatic rings. The van der Waals surface area contributed by atoms with Gasteiger partial charge in [-0.2, -0.15) is 0 Å². The van der Waals surface area contributed by atoms with E-state index in [-0.39, 0.29) is 20.5 Å². The van der Waals surface area contributed by atoms with Crippen LogP contribution in [0, 0.1) is 0 Å². The Morgan fingerprint density at radius 3 is 2.95 bits per heavy atom. The summed E-state index contributed by atoms with van der Waals surface area (Å²) in [6.07, 6.45) is 0.649. The van der Waals surface area contributed by atoms with Gasteiger partial charge in [-0.05, 0) is 11.4 Å². The molecule has 1 unspecified atom stereocenters. The van der Waals surface area contributed by atoms with Crippen molar-refractivity contribution in [3.63, 3.8) is 0 Å². The van der Waals surface area contributed by atoms with E-state index < -0.39 is 10.0 Å². The summed E-state index contributed by atoms with van der Waals surface area (Å²) >= 11 is 6.17. The SMILES string of the molecule is O=CC[N+]1(C(=S)NS(=O)(=O)c2cccs2)CCN=N1. The molecule has 2 heterocycles. The van der Waals surface area contributed by atoms with E-state index in [9.17, 15) is 13.2 Å². The van der Waals surface area contributed by atoms with Gasteiger partial charge in [0.25, 0.3) is 10.0 Å². The maximum absolute atomic E-state index is 12.0. The maximum atomic E-state index is 12.0. The van der Waals surface area contributed by atoms with Gasteiger partial charge in [-0.1, -0.05) is 6.07 Å². The number of sulfonamides is 1. The standard InChI is InChI=1S/C9H10N4O3S3/c14-6-5-13(4-3-10-12-13)9(17)11-19(15,16)8-2-1-7-18-8/h1-2,6-7H,3-5H2/p+1. The predicted molar refractivity (Wildman–Crippen MR) is 73.0 cm³/mol. The normalized spacial score (nSPS) is 22.3. The summed E-state index contributed by atoms with van der Waals surface area (Å²) in [6.45, 7) is 0.758. The summed E-state index contributed by atoms with van der Waals surface area (Å²) in [7, 11) is -3.72. The van der Waals surface area contributed by atoms with E-state index in [1.54, 1.807) is 11.4 Å². The summed E-state index contributed by atoms with van der Waals surface area (Å²) in [4.78, 5) is 10.7. The molecule has 7 nitrogen and oxygen atoms in total. The molecular weight excluding hydrogens is 308 g/mol. The van der Waals surface area contributed by atoms with Gasteiger partial charge >= 0.3 is 5.11 Å². The molecule has 0 spiro atoms. The summed E-state index contributed by atoms with van der Waals surface area (Å²) in [6, 6.07) is 3.11. The average molecular weight is 319 g/mol. The Morgan fingerprint density at radius 1 is 1.63 bits per heavy atom. The van der Waals surface area contributed by atoms with Crippen LogP contribution in [0.1, 0.15) is 0 Å². The quantitative estimate of drug-likeness (QED) is 0.503. The molecule has 0 fully saturated rings. The van der Waals surface area contributed by atoms with Crippen LogP contribution >= 0.6 is 23.6 Å². The van der Waals surface area contributed by atoms with Crippen LogP contribution in [0.2, 0.25) is 0 Å². The number of hydrogen-bond acceptors (Lipinski definition) is 7. The van der Waals surface area contributed by atoms with Gasteiger partial charge in [0.2, 0.25) is 0 Å². The lowest BCUT2D eigenvalue weighted by atomic mass is 10.5. The molecule has 2 rings (SSSR count). The monoisotopic (exact) mass is 319 g/mol. The van der Waals surface area contributed by atoms with Gasteiger partial charge in [0.1, 0.15) is 17.3 Å². The third kappa shape index (κ3) is 2.86. The van der Waals surface area contributed by atoms with Gasteiger partial charge in [0.05, 0.1) is 0 Å². The second kappa shape index (κ2) is 5.41. The number of carbonyl (C=O) groups is 1. The minimum atomic E-state index is -3.72. The number of carbonyl (C=O) groups excluding carboxylic acids is 1. The zero-order chi connectivity index (χ0) is 13.9. The zero-order valence-electron chi connectivity index (χ0n) is 9.72. The van der Waals surface area contributed by atoms with Crippen molar-refractivity contribution >= 4 is 45.0 Å². The fourth-order valence-electron chi connectivity index (χ4n) is 1.56. The molecule has 1 aromatic rings. The molecule has 102 valence electrons. The van der Waals surface area contributed by atoms with Gasteiger partial charge in [-0.25, -0.2) is 13.1 Å². The molecule has 0 aliphatic carbocycles. The number of aldehydes is 1. The molecule has 10 heteroatoms. The van der Waals surface area contributed by atoms with E-state index in [0.29, 0.717) is 19.4 Å². The lowest BCUT2D eigenvalue weighted by Crippen LogP contribution is -2.54. The third-order valence-electron chi connectivity index (χ3n) is 2.54. The number of nitrogens with zero attached hydrogens (tertiary/aromatic N) is 3. The van der Waals surface area contributed by atoms with E-state index in [1.807, 2.05) is 0 Å². The number of hydrogen-bond donors (Lipinski definition) is 1. The minimum Gasteiger partial charge on any atom is -0.297 e. The van der Waals surface area contributed by atoms with Crippen molar-refractivity contribution in [2.75, 3.05) is 19.6 Å². The fourth-order valence-corrected chi connectivity index (χ4v) is 4.10. The van der Waals surface area contributed by atoms with Crippen molar-refractivity contribution in [2.45, 2.75) is 4.21 Å². The molecule has 19 heavy (non-hydrogen) atoms. The van der Waals surface area contributed by atoms with Crippen molar-refractivity contribution in [3.8, 4) is 0 Å². The van der Waals surface area contributed by atoms with Crippen molar-refractivity contribution in [1.29, 1.82) is 0 Å². The molecule has 0 amide bonds. The number of nitrogens with one attached hydrogen (secondary N) is 1. The van der Waals surface area contributed by atoms with Gasteiger partial charge in [0.15, 0.2) is 12.8 Å². The second-order valence-corrected chi connectivity index (χ2v) is 7.04. The number of quaternary nitrogens is 1. The highest BCUT2D eigenvalue weighted by molar-refractivity contribution is 7.93. The molecular formula is C9H11N4O3S3+. The molecule has 1 N–H and O–H groups in total. The van der Waals surface area contributed by atoms with Crippen LogP contribution in [0.15, 0.2) is 32.1 Å². The lowest BCUT2D eigenvalue weighted by Gasteiger charge is -2.23. The van der Waals surface area contributed by atoms with Gasteiger partial charge in [-0.3, -0.25) is 4.79 Å². The lowest BCUT2D eigenvalue weighted by molar-refractivity contribution is -0.833. The van der Waals surface area contributed by atoms with E-state index >= 15 is 0 Å². The van der Waals surface area contributed by atoms with E-state index in [1.165, 1.54) is 6.07 Å². The smallest absolute Gasteiger partial charge is 0.297 e. The van der Waals surface area contributed by atoms with Gasteiger partial charge in [0, 0.05) is 17.4 Å². The van der Waals surface area contributed by atoms with Crippen LogP contribution in [-0.2, 0) is 14.8 Å².